The highest BCUT2D eigenvalue weighted by Crippen LogP contribution is 2.35. The Kier molecular flexibility index (Phi) is 5.67. The van der Waals surface area contributed by atoms with Crippen molar-refractivity contribution in [1.82, 2.24) is 4.90 Å². The molecule has 3 unspecified atom stereocenters. The molecular weight excluding hydrogens is 236 g/mol. The largest absolute Gasteiger partial charge is 0.377 e. The van der Waals surface area contributed by atoms with Gasteiger partial charge >= 0.3 is 0 Å². The first-order valence-electron chi connectivity index (χ1n) is 8.23. The van der Waals surface area contributed by atoms with E-state index in [1.165, 1.54) is 51.4 Å². The normalized spacial score (nSPS) is 36.6. The van der Waals surface area contributed by atoms with Gasteiger partial charge < -0.3 is 10.5 Å². The number of rotatable bonds is 5. The minimum atomic E-state index is 0.232. The highest BCUT2D eigenvalue weighted by molar-refractivity contribution is 4.94. The summed E-state index contributed by atoms with van der Waals surface area (Å²) in [4.78, 5) is 2.53. The summed E-state index contributed by atoms with van der Waals surface area (Å²) in [5, 5.41) is 0. The maximum atomic E-state index is 6.19. The van der Waals surface area contributed by atoms with Crippen LogP contribution in [0.15, 0.2) is 0 Å². The average molecular weight is 268 g/mol. The topological polar surface area (TPSA) is 38.5 Å². The minimum Gasteiger partial charge on any atom is -0.377 e. The second-order valence-electron chi connectivity index (χ2n) is 6.65. The van der Waals surface area contributed by atoms with E-state index < -0.39 is 0 Å². The van der Waals surface area contributed by atoms with Crippen LogP contribution in [0.5, 0.6) is 0 Å². The van der Waals surface area contributed by atoms with E-state index in [0.717, 1.165) is 25.6 Å². The maximum Gasteiger partial charge on any atom is 0.0702 e. The van der Waals surface area contributed by atoms with Crippen LogP contribution in [0.2, 0.25) is 0 Å². The highest BCUT2D eigenvalue weighted by Gasteiger charge is 2.36. The summed E-state index contributed by atoms with van der Waals surface area (Å²) in [5.41, 5.74) is 6.42. The van der Waals surface area contributed by atoms with Gasteiger partial charge in [0.25, 0.3) is 0 Å². The van der Waals surface area contributed by atoms with Gasteiger partial charge in [-0.3, -0.25) is 4.90 Å². The van der Waals surface area contributed by atoms with Crippen LogP contribution in [0.1, 0.15) is 58.3 Å². The van der Waals surface area contributed by atoms with E-state index in [1.54, 1.807) is 0 Å². The predicted octanol–water partition coefficient (Wildman–Crippen LogP) is 2.79. The molecule has 1 aliphatic heterocycles. The minimum absolute atomic E-state index is 0.232. The summed E-state index contributed by atoms with van der Waals surface area (Å²) >= 11 is 0. The van der Waals surface area contributed by atoms with Gasteiger partial charge in [-0.25, -0.2) is 0 Å². The number of nitrogens with two attached hydrogens (primary N) is 1. The van der Waals surface area contributed by atoms with Crippen molar-refractivity contribution in [2.45, 2.75) is 69.9 Å². The van der Waals surface area contributed by atoms with Gasteiger partial charge in [-0.05, 0) is 45.1 Å². The Bertz CT molecular complexity index is 265. The van der Waals surface area contributed by atoms with Gasteiger partial charge in [0.1, 0.15) is 0 Å². The van der Waals surface area contributed by atoms with E-state index in [0.29, 0.717) is 6.10 Å². The fraction of sp³-hybridized carbons (Fsp3) is 1.00. The third kappa shape index (κ3) is 3.71. The first-order chi connectivity index (χ1) is 9.20. The van der Waals surface area contributed by atoms with E-state index >= 15 is 0 Å². The van der Waals surface area contributed by atoms with Crippen molar-refractivity contribution < 1.29 is 4.74 Å². The summed E-state index contributed by atoms with van der Waals surface area (Å²) in [6.07, 6.45) is 10.8. The molecule has 1 saturated heterocycles. The van der Waals surface area contributed by atoms with Crippen LogP contribution < -0.4 is 5.73 Å². The lowest BCUT2D eigenvalue weighted by molar-refractivity contribution is 0.0298. The lowest BCUT2D eigenvalue weighted by Gasteiger charge is -2.42. The molecule has 3 heteroatoms. The highest BCUT2D eigenvalue weighted by atomic mass is 16.5. The van der Waals surface area contributed by atoms with Crippen molar-refractivity contribution in [2.24, 2.45) is 11.7 Å². The average Bonchev–Trinajstić information content (AvgIpc) is 2.83. The van der Waals surface area contributed by atoms with Gasteiger partial charge in [0.15, 0.2) is 0 Å². The summed E-state index contributed by atoms with van der Waals surface area (Å²) in [7, 11) is 2.26. The monoisotopic (exact) mass is 268 g/mol. The fourth-order valence-electron chi connectivity index (χ4n) is 3.90. The molecule has 1 aliphatic carbocycles. The number of hydrogen-bond acceptors (Lipinski definition) is 3. The van der Waals surface area contributed by atoms with Crippen LogP contribution in [0.3, 0.4) is 0 Å². The van der Waals surface area contributed by atoms with Gasteiger partial charge in [-0.2, -0.15) is 0 Å². The molecule has 3 nitrogen and oxygen atoms in total. The van der Waals surface area contributed by atoms with Gasteiger partial charge in [0.2, 0.25) is 0 Å². The lowest BCUT2D eigenvalue weighted by Crippen LogP contribution is -2.53. The molecule has 0 aromatic carbocycles. The van der Waals surface area contributed by atoms with Crippen LogP contribution in [0.4, 0.5) is 0 Å². The second kappa shape index (κ2) is 7.05. The van der Waals surface area contributed by atoms with Crippen molar-refractivity contribution in [3.63, 3.8) is 0 Å². The fourth-order valence-corrected chi connectivity index (χ4v) is 3.90. The van der Waals surface area contributed by atoms with Crippen molar-refractivity contribution in [3.05, 3.63) is 0 Å². The molecule has 0 aromatic rings. The number of nitrogens with zero attached hydrogens (tertiary/aromatic N) is 1. The zero-order valence-corrected chi connectivity index (χ0v) is 12.9. The quantitative estimate of drug-likeness (QED) is 0.779. The molecule has 2 N–H and O–H groups in total. The molecule has 3 atom stereocenters. The second-order valence-corrected chi connectivity index (χ2v) is 6.65. The summed E-state index contributed by atoms with van der Waals surface area (Å²) in [6, 6.07) is 0. The lowest BCUT2D eigenvalue weighted by atomic mass is 9.87. The van der Waals surface area contributed by atoms with Crippen molar-refractivity contribution in [3.8, 4) is 0 Å². The maximum absolute atomic E-state index is 6.19. The molecule has 0 aromatic heterocycles. The van der Waals surface area contributed by atoms with E-state index in [9.17, 15) is 0 Å². The molecular formula is C16H32N2O. The third-order valence-corrected chi connectivity index (χ3v) is 5.54. The first kappa shape index (κ1) is 15.3. The van der Waals surface area contributed by atoms with Crippen LogP contribution in [-0.4, -0.2) is 43.3 Å². The number of ether oxygens (including phenoxy) is 1. The summed E-state index contributed by atoms with van der Waals surface area (Å²) in [5.74, 6) is 0.921. The molecule has 1 heterocycles. The van der Waals surface area contributed by atoms with Crippen LogP contribution in [0.25, 0.3) is 0 Å². The Morgan fingerprint density at radius 1 is 1.21 bits per heavy atom. The molecule has 1 saturated carbocycles. The summed E-state index contributed by atoms with van der Waals surface area (Å²) in [6.45, 7) is 5.14. The Labute approximate surface area is 118 Å². The molecule has 112 valence electrons. The molecule has 0 bridgehead atoms. The van der Waals surface area contributed by atoms with Gasteiger partial charge in [0.05, 0.1) is 6.10 Å². The first-order valence-corrected chi connectivity index (χ1v) is 8.23. The van der Waals surface area contributed by atoms with Gasteiger partial charge in [-0.15, -0.1) is 0 Å². The number of hydrogen-bond donors (Lipinski definition) is 1. The van der Waals surface area contributed by atoms with Crippen molar-refractivity contribution >= 4 is 0 Å². The zero-order chi connectivity index (χ0) is 13.7. The Morgan fingerprint density at radius 3 is 2.68 bits per heavy atom. The summed E-state index contributed by atoms with van der Waals surface area (Å²) < 4.78 is 5.79. The van der Waals surface area contributed by atoms with Crippen molar-refractivity contribution in [1.29, 1.82) is 0 Å². The van der Waals surface area contributed by atoms with Crippen LogP contribution in [-0.2, 0) is 4.74 Å². The molecule has 2 rings (SSSR count). The SMILES string of the molecule is CCC1CCCC(CN)(N(C)CC2CCCO2)CC1. The molecule has 0 radical (unpaired) electrons. The van der Waals surface area contributed by atoms with Gasteiger partial charge in [-0.1, -0.05) is 26.2 Å². The van der Waals surface area contributed by atoms with Crippen LogP contribution >= 0.6 is 0 Å². The molecule has 2 fully saturated rings. The van der Waals surface area contributed by atoms with Crippen LogP contribution in [0, 0.1) is 5.92 Å². The standard InChI is InChI=1S/C16H32N2O/c1-3-14-6-4-9-16(13-17,10-8-14)18(2)12-15-7-5-11-19-15/h14-15H,3-13,17H2,1-2H3. The third-order valence-electron chi connectivity index (χ3n) is 5.54. The predicted molar refractivity (Wildman–Crippen MR) is 80.3 cm³/mol. The molecule has 19 heavy (non-hydrogen) atoms. The van der Waals surface area contributed by atoms with Gasteiger partial charge in [0, 0.05) is 25.2 Å². The molecule has 0 spiro atoms. The van der Waals surface area contributed by atoms with E-state index in [-0.39, 0.29) is 5.54 Å². The molecule has 0 amide bonds. The zero-order valence-electron chi connectivity index (χ0n) is 12.9. The van der Waals surface area contributed by atoms with E-state index in [4.69, 9.17) is 10.5 Å². The Hall–Kier alpha value is -0.120. The Morgan fingerprint density at radius 2 is 2.05 bits per heavy atom. The Balaban J connectivity index is 1.95. The smallest absolute Gasteiger partial charge is 0.0702 e. The van der Waals surface area contributed by atoms with E-state index in [1.807, 2.05) is 0 Å². The number of likely N-dealkylation sites (N-methyl/N-ethyl adjacent to an activating group) is 1. The van der Waals surface area contributed by atoms with Crippen molar-refractivity contribution in [2.75, 3.05) is 26.7 Å². The molecule has 2 aliphatic rings. The van der Waals surface area contributed by atoms with E-state index in [2.05, 4.69) is 18.9 Å².